The molecule has 1 aromatic carbocycles. The van der Waals surface area contributed by atoms with Crippen LogP contribution in [0.15, 0.2) is 35.5 Å². The lowest BCUT2D eigenvalue weighted by Crippen LogP contribution is -2.09. The fraction of sp³-hybridized carbons (Fsp3) is 0. The fourth-order valence-electron chi connectivity index (χ4n) is 1.75. The molecule has 0 saturated heterocycles. The van der Waals surface area contributed by atoms with Crippen LogP contribution >= 0.6 is 0 Å². The quantitative estimate of drug-likeness (QED) is 0.602. The second-order valence-electron chi connectivity index (χ2n) is 3.45. The maximum Gasteiger partial charge on any atom is 0.274 e. The molecule has 3 aromatic rings. The lowest BCUT2D eigenvalue weighted by atomic mass is 10.2. The Morgan fingerprint density at radius 1 is 1.38 bits per heavy atom. The minimum absolute atomic E-state index is 0.185. The molecule has 1 N–H and O–H groups in total. The van der Waals surface area contributed by atoms with Gasteiger partial charge in [0.1, 0.15) is 5.52 Å². The number of imidazole rings is 1. The van der Waals surface area contributed by atoms with Gasteiger partial charge in [0.15, 0.2) is 0 Å². The van der Waals surface area contributed by atoms with Gasteiger partial charge < -0.3 is 4.98 Å². The van der Waals surface area contributed by atoms with Crippen LogP contribution in [-0.4, -0.2) is 14.4 Å². The Labute approximate surface area is 89.6 Å². The van der Waals surface area contributed by atoms with Crippen molar-refractivity contribution >= 4 is 16.6 Å². The Morgan fingerprint density at radius 3 is 3.06 bits per heavy atom. The first-order valence-electron chi connectivity index (χ1n) is 4.68. The molecule has 0 radical (unpaired) electrons. The van der Waals surface area contributed by atoms with Crippen LogP contribution in [0.4, 0.5) is 0 Å². The third-order valence-corrected chi connectivity index (χ3v) is 2.51. The normalized spacial score (nSPS) is 10.7. The number of rotatable bonds is 0. The first-order chi connectivity index (χ1) is 7.79. The van der Waals surface area contributed by atoms with E-state index in [-0.39, 0.29) is 5.56 Å². The summed E-state index contributed by atoms with van der Waals surface area (Å²) in [7, 11) is 0. The summed E-state index contributed by atoms with van der Waals surface area (Å²) in [4.78, 5) is 18.3. The molecule has 0 bridgehead atoms. The van der Waals surface area contributed by atoms with Gasteiger partial charge in [0.05, 0.1) is 35.2 Å². The molecule has 0 spiro atoms. The summed E-state index contributed by atoms with van der Waals surface area (Å²) in [5, 5.41) is 8.83. The van der Waals surface area contributed by atoms with Crippen LogP contribution in [-0.2, 0) is 0 Å². The minimum atomic E-state index is -0.185. The molecule has 5 heteroatoms. The van der Waals surface area contributed by atoms with E-state index < -0.39 is 0 Å². The number of H-pyrrole nitrogens is 1. The van der Waals surface area contributed by atoms with Crippen molar-refractivity contribution in [3.05, 3.63) is 46.6 Å². The van der Waals surface area contributed by atoms with Crippen LogP contribution in [0.3, 0.4) is 0 Å². The van der Waals surface area contributed by atoms with Gasteiger partial charge in [-0.15, -0.1) is 0 Å². The van der Waals surface area contributed by atoms with Crippen LogP contribution in [0, 0.1) is 11.3 Å². The molecule has 0 aliphatic heterocycles. The van der Waals surface area contributed by atoms with Crippen molar-refractivity contribution in [2.45, 2.75) is 0 Å². The zero-order valence-corrected chi connectivity index (χ0v) is 8.14. The highest BCUT2D eigenvalue weighted by Crippen LogP contribution is 2.13. The second-order valence-corrected chi connectivity index (χ2v) is 3.45. The number of hydrogen-bond donors (Lipinski definition) is 1. The molecule has 5 nitrogen and oxygen atoms in total. The molecule has 0 saturated carbocycles. The Morgan fingerprint density at radius 2 is 2.25 bits per heavy atom. The number of aromatic amines is 1. The first kappa shape index (κ1) is 8.68. The van der Waals surface area contributed by atoms with Gasteiger partial charge in [-0.2, -0.15) is 5.26 Å². The summed E-state index contributed by atoms with van der Waals surface area (Å²) >= 11 is 0. The molecule has 0 fully saturated rings. The zero-order valence-electron chi connectivity index (χ0n) is 8.14. The molecule has 76 valence electrons. The Hall–Kier alpha value is -2.61. The van der Waals surface area contributed by atoms with E-state index in [1.54, 1.807) is 28.9 Å². The van der Waals surface area contributed by atoms with Crippen molar-refractivity contribution in [1.29, 1.82) is 5.26 Å². The number of benzene rings is 1. The highest BCUT2D eigenvalue weighted by Gasteiger charge is 2.05. The molecule has 2 aromatic heterocycles. The van der Waals surface area contributed by atoms with Crippen LogP contribution < -0.4 is 5.56 Å². The van der Waals surface area contributed by atoms with E-state index in [0.29, 0.717) is 16.6 Å². The van der Waals surface area contributed by atoms with Gasteiger partial charge in [0.2, 0.25) is 0 Å². The molecule has 3 rings (SSSR count). The summed E-state index contributed by atoms with van der Waals surface area (Å²) in [6.07, 6.45) is 3.06. The van der Waals surface area contributed by atoms with Crippen molar-refractivity contribution < 1.29 is 0 Å². The number of hydrogen-bond acceptors (Lipinski definition) is 3. The number of fused-ring (bicyclic) bond motifs is 3. The molecule has 0 aliphatic carbocycles. The summed E-state index contributed by atoms with van der Waals surface area (Å²) < 4.78 is 1.68. The highest BCUT2D eigenvalue weighted by molar-refractivity contribution is 5.79. The van der Waals surface area contributed by atoms with Gasteiger partial charge in [-0.3, -0.25) is 9.20 Å². The summed E-state index contributed by atoms with van der Waals surface area (Å²) in [5.41, 5.74) is 2.30. The molecule has 0 aliphatic rings. The van der Waals surface area contributed by atoms with Crippen molar-refractivity contribution in [2.75, 3.05) is 0 Å². The standard InChI is InChI=1S/C11H6N4O/c12-4-7-1-2-8-9(3-7)15-6-13-5-10(15)11(16)14-8/h1-3,5-6H,(H,14,16). The van der Waals surface area contributed by atoms with Crippen molar-refractivity contribution in [3.63, 3.8) is 0 Å². The number of nitrogens with zero attached hydrogens (tertiary/aromatic N) is 3. The first-order valence-corrected chi connectivity index (χ1v) is 4.68. The van der Waals surface area contributed by atoms with Gasteiger partial charge in [-0.05, 0) is 18.2 Å². The van der Waals surface area contributed by atoms with E-state index in [1.807, 2.05) is 0 Å². The highest BCUT2D eigenvalue weighted by atomic mass is 16.1. The SMILES string of the molecule is N#Cc1ccc2[nH]c(=O)c3cncn3c2c1. The van der Waals surface area contributed by atoms with E-state index in [4.69, 9.17) is 5.26 Å². The maximum absolute atomic E-state index is 11.6. The average Bonchev–Trinajstić information content (AvgIpc) is 2.78. The number of aromatic nitrogens is 3. The third kappa shape index (κ3) is 1.04. The predicted octanol–water partition coefficient (Wildman–Crippen LogP) is 1.05. The zero-order chi connectivity index (χ0) is 11.1. The van der Waals surface area contributed by atoms with E-state index in [9.17, 15) is 4.79 Å². The lowest BCUT2D eigenvalue weighted by Gasteiger charge is -2.01. The molecule has 2 heterocycles. The largest absolute Gasteiger partial charge is 0.319 e. The monoisotopic (exact) mass is 210 g/mol. The Bertz CT molecular complexity index is 791. The van der Waals surface area contributed by atoms with Crippen LogP contribution in [0.1, 0.15) is 5.56 Å². The Kier molecular flexibility index (Phi) is 1.59. The van der Waals surface area contributed by atoms with Gasteiger partial charge in [-0.25, -0.2) is 4.98 Å². The van der Waals surface area contributed by atoms with E-state index in [2.05, 4.69) is 16.0 Å². The van der Waals surface area contributed by atoms with Gasteiger partial charge >= 0.3 is 0 Å². The molecule has 0 atom stereocenters. The molecular weight excluding hydrogens is 204 g/mol. The molecular formula is C11H6N4O. The fourth-order valence-corrected chi connectivity index (χ4v) is 1.75. The van der Waals surface area contributed by atoms with Crippen LogP contribution in [0.25, 0.3) is 16.6 Å². The topological polar surface area (TPSA) is 73.9 Å². The lowest BCUT2D eigenvalue weighted by molar-refractivity contribution is 1.16. The minimum Gasteiger partial charge on any atom is -0.319 e. The molecule has 0 amide bonds. The van der Waals surface area contributed by atoms with Crippen LogP contribution in [0.5, 0.6) is 0 Å². The third-order valence-electron chi connectivity index (χ3n) is 2.51. The van der Waals surface area contributed by atoms with Crippen molar-refractivity contribution in [2.24, 2.45) is 0 Å². The molecule has 0 unspecified atom stereocenters. The van der Waals surface area contributed by atoms with Crippen molar-refractivity contribution in [3.8, 4) is 6.07 Å². The molecule has 16 heavy (non-hydrogen) atoms. The summed E-state index contributed by atoms with van der Waals surface area (Å²) in [6.45, 7) is 0. The van der Waals surface area contributed by atoms with Gasteiger partial charge in [0, 0.05) is 0 Å². The Balaban J connectivity index is 2.62. The van der Waals surface area contributed by atoms with Crippen LogP contribution in [0.2, 0.25) is 0 Å². The maximum atomic E-state index is 11.6. The predicted molar refractivity (Wildman–Crippen MR) is 58.0 cm³/mol. The van der Waals surface area contributed by atoms with Gasteiger partial charge in [0.25, 0.3) is 5.56 Å². The summed E-state index contributed by atoms with van der Waals surface area (Å²) in [6, 6.07) is 7.17. The summed E-state index contributed by atoms with van der Waals surface area (Å²) in [5.74, 6) is 0. The van der Waals surface area contributed by atoms with E-state index in [1.165, 1.54) is 6.20 Å². The smallest absolute Gasteiger partial charge is 0.274 e. The number of nitrogens with one attached hydrogen (secondary N) is 1. The van der Waals surface area contributed by atoms with E-state index in [0.717, 1.165) is 5.52 Å². The number of nitriles is 1. The second kappa shape index (κ2) is 2.94. The van der Waals surface area contributed by atoms with E-state index >= 15 is 0 Å². The average molecular weight is 210 g/mol. The van der Waals surface area contributed by atoms with Crippen molar-refractivity contribution in [1.82, 2.24) is 14.4 Å². The van der Waals surface area contributed by atoms with Gasteiger partial charge in [-0.1, -0.05) is 0 Å².